The Kier molecular flexibility index (Phi) is 5.30. The van der Waals surface area contributed by atoms with Crippen molar-refractivity contribution in [2.75, 3.05) is 20.1 Å². The Morgan fingerprint density at radius 3 is 2.62 bits per heavy atom. The van der Waals surface area contributed by atoms with Gasteiger partial charge in [-0.1, -0.05) is 13.8 Å². The van der Waals surface area contributed by atoms with E-state index in [0.717, 1.165) is 60.1 Å². The van der Waals surface area contributed by atoms with E-state index < -0.39 is 0 Å². The van der Waals surface area contributed by atoms with Gasteiger partial charge in [-0.3, -0.25) is 9.59 Å². The molecular formula is C25H30N2O2. The van der Waals surface area contributed by atoms with Gasteiger partial charge in [-0.25, -0.2) is 0 Å². The topological polar surface area (TPSA) is 42.3 Å². The van der Waals surface area contributed by atoms with Gasteiger partial charge in [0, 0.05) is 52.4 Å². The first-order valence-corrected chi connectivity index (χ1v) is 10.7. The molecule has 1 aromatic heterocycles. The average molecular weight is 391 g/mol. The summed E-state index contributed by atoms with van der Waals surface area (Å²) >= 11 is 0. The maximum atomic E-state index is 12.3. The van der Waals surface area contributed by atoms with E-state index in [9.17, 15) is 9.59 Å². The summed E-state index contributed by atoms with van der Waals surface area (Å²) in [5.41, 5.74) is 5.09. The van der Waals surface area contributed by atoms with Crippen LogP contribution in [0.3, 0.4) is 0 Å². The summed E-state index contributed by atoms with van der Waals surface area (Å²) in [6.07, 6.45) is 2.45. The lowest BCUT2D eigenvalue weighted by Gasteiger charge is -2.19. The monoisotopic (exact) mass is 390 g/mol. The highest BCUT2D eigenvalue weighted by molar-refractivity contribution is 6.16. The number of hydrogen-bond donors (Lipinski definition) is 0. The minimum absolute atomic E-state index is 0.0757. The van der Waals surface area contributed by atoms with Crippen LogP contribution >= 0.6 is 0 Å². The maximum Gasteiger partial charge on any atom is 0.163 e. The first-order valence-electron chi connectivity index (χ1n) is 10.7. The second kappa shape index (κ2) is 7.75. The molecular weight excluding hydrogens is 360 g/mol. The van der Waals surface area contributed by atoms with Crippen LogP contribution < -0.4 is 0 Å². The number of ketones is 2. The molecule has 0 N–H and O–H groups in total. The summed E-state index contributed by atoms with van der Waals surface area (Å²) in [5, 5.41) is 2.27. The first kappa shape index (κ1) is 19.8. The molecule has 152 valence electrons. The number of aromatic nitrogens is 1. The molecule has 1 aliphatic rings. The molecule has 0 atom stereocenters. The molecule has 29 heavy (non-hydrogen) atoms. The molecule has 0 unspecified atom stereocenters. The van der Waals surface area contributed by atoms with Gasteiger partial charge in [-0.2, -0.15) is 0 Å². The molecule has 4 nitrogen and oxygen atoms in total. The lowest BCUT2D eigenvalue weighted by molar-refractivity contribution is 0.0991. The maximum absolute atomic E-state index is 12.3. The van der Waals surface area contributed by atoms with Crippen molar-refractivity contribution in [2.45, 2.75) is 46.6 Å². The minimum atomic E-state index is 0.0757. The lowest BCUT2D eigenvalue weighted by atomic mass is 10.0. The van der Waals surface area contributed by atoms with Crippen LogP contribution in [-0.4, -0.2) is 41.2 Å². The fraction of sp³-hybridized carbons (Fsp3) is 0.440. The van der Waals surface area contributed by atoms with E-state index in [4.69, 9.17) is 0 Å². The second-order valence-corrected chi connectivity index (χ2v) is 8.86. The van der Waals surface area contributed by atoms with Crippen LogP contribution in [-0.2, 0) is 13.0 Å². The molecule has 0 radical (unpaired) electrons. The zero-order valence-corrected chi connectivity index (χ0v) is 17.9. The van der Waals surface area contributed by atoms with Crippen molar-refractivity contribution in [2.24, 2.45) is 5.92 Å². The Hall–Kier alpha value is -2.46. The van der Waals surface area contributed by atoms with E-state index in [-0.39, 0.29) is 11.6 Å². The van der Waals surface area contributed by atoms with E-state index in [1.807, 2.05) is 18.2 Å². The van der Waals surface area contributed by atoms with Gasteiger partial charge in [0.1, 0.15) is 0 Å². The van der Waals surface area contributed by atoms with E-state index in [2.05, 4.69) is 42.5 Å². The largest absolute Gasteiger partial charge is 0.340 e. The van der Waals surface area contributed by atoms with E-state index in [1.165, 1.54) is 10.9 Å². The third kappa shape index (κ3) is 3.62. The minimum Gasteiger partial charge on any atom is -0.340 e. The number of fused-ring (bicyclic) bond motifs is 5. The molecule has 0 spiro atoms. The van der Waals surface area contributed by atoms with E-state index in [0.29, 0.717) is 12.3 Å². The average Bonchev–Trinajstić information content (AvgIpc) is 3.19. The van der Waals surface area contributed by atoms with Gasteiger partial charge in [0.25, 0.3) is 0 Å². The van der Waals surface area contributed by atoms with Crippen LogP contribution in [0, 0.1) is 5.92 Å². The fourth-order valence-electron chi connectivity index (χ4n) is 4.83. The quantitative estimate of drug-likeness (QED) is 0.527. The molecule has 0 saturated carbocycles. The SMILES string of the molecule is CC(=O)c1ccc2c(c1)c1c3c(ccc1n2CCCN(C)CC(C)C)C(=O)CC3. The van der Waals surface area contributed by atoms with Gasteiger partial charge in [-0.05, 0) is 75.2 Å². The van der Waals surface area contributed by atoms with Crippen molar-refractivity contribution >= 4 is 33.4 Å². The summed E-state index contributed by atoms with van der Waals surface area (Å²) in [7, 11) is 2.18. The smallest absolute Gasteiger partial charge is 0.163 e. The molecule has 0 amide bonds. The van der Waals surface area contributed by atoms with E-state index >= 15 is 0 Å². The van der Waals surface area contributed by atoms with Gasteiger partial charge < -0.3 is 9.47 Å². The van der Waals surface area contributed by atoms with Crippen LogP contribution in [0.4, 0.5) is 0 Å². The molecule has 1 heterocycles. The fourth-order valence-corrected chi connectivity index (χ4v) is 4.83. The van der Waals surface area contributed by atoms with Crippen molar-refractivity contribution in [3.05, 3.63) is 47.0 Å². The standard InChI is InChI=1S/C25H30N2O2/c1-16(2)15-26(4)12-5-13-27-22-9-6-18(17(3)28)14-21(22)25-20-8-11-24(29)19(20)7-10-23(25)27/h6-7,9-10,14,16H,5,8,11-13,15H2,1-4H3. The van der Waals surface area contributed by atoms with Crippen molar-refractivity contribution in [3.63, 3.8) is 0 Å². The molecule has 0 saturated heterocycles. The van der Waals surface area contributed by atoms with Gasteiger partial charge in [-0.15, -0.1) is 0 Å². The number of nitrogens with zero attached hydrogens (tertiary/aromatic N) is 2. The van der Waals surface area contributed by atoms with Gasteiger partial charge >= 0.3 is 0 Å². The second-order valence-electron chi connectivity index (χ2n) is 8.86. The van der Waals surface area contributed by atoms with Crippen LogP contribution in [0.2, 0.25) is 0 Å². The Morgan fingerprint density at radius 2 is 1.90 bits per heavy atom. The van der Waals surface area contributed by atoms with Crippen molar-refractivity contribution in [3.8, 4) is 0 Å². The number of benzene rings is 2. The van der Waals surface area contributed by atoms with Crippen molar-refractivity contribution in [1.82, 2.24) is 9.47 Å². The molecule has 0 aliphatic heterocycles. The highest BCUT2D eigenvalue weighted by Crippen LogP contribution is 2.37. The molecule has 0 fully saturated rings. The third-order valence-electron chi connectivity index (χ3n) is 6.05. The Balaban J connectivity index is 1.79. The summed E-state index contributed by atoms with van der Waals surface area (Å²) < 4.78 is 2.38. The molecule has 4 rings (SSSR count). The van der Waals surface area contributed by atoms with Crippen LogP contribution in [0.25, 0.3) is 21.8 Å². The number of carbonyl (C=O) groups excluding carboxylic acids is 2. The number of Topliss-reactive ketones (excluding diaryl/α,β-unsaturated/α-hetero) is 2. The first-order chi connectivity index (χ1) is 13.9. The van der Waals surface area contributed by atoms with Gasteiger partial charge in [0.2, 0.25) is 0 Å². The Labute approximate surface area is 172 Å². The molecule has 0 bridgehead atoms. The number of aryl methyl sites for hydroxylation is 2. The van der Waals surface area contributed by atoms with Crippen molar-refractivity contribution < 1.29 is 9.59 Å². The molecule has 1 aliphatic carbocycles. The number of rotatable bonds is 7. The summed E-state index contributed by atoms with van der Waals surface area (Å²) in [4.78, 5) is 26.7. The summed E-state index contributed by atoms with van der Waals surface area (Å²) in [5.74, 6) is 0.978. The van der Waals surface area contributed by atoms with Crippen LogP contribution in [0.5, 0.6) is 0 Å². The van der Waals surface area contributed by atoms with E-state index in [1.54, 1.807) is 6.92 Å². The zero-order chi connectivity index (χ0) is 20.7. The Morgan fingerprint density at radius 1 is 1.14 bits per heavy atom. The highest BCUT2D eigenvalue weighted by atomic mass is 16.1. The molecule has 3 aromatic rings. The number of hydrogen-bond acceptors (Lipinski definition) is 3. The lowest BCUT2D eigenvalue weighted by Crippen LogP contribution is -2.25. The Bertz CT molecular complexity index is 1110. The molecule has 2 aromatic carbocycles. The predicted octanol–water partition coefficient (Wildman–Crippen LogP) is 5.10. The highest BCUT2D eigenvalue weighted by Gasteiger charge is 2.25. The van der Waals surface area contributed by atoms with Crippen LogP contribution in [0.1, 0.15) is 59.9 Å². The number of carbonyl (C=O) groups is 2. The summed E-state index contributed by atoms with van der Waals surface area (Å²) in [6.45, 7) is 9.18. The normalized spacial score (nSPS) is 13.9. The van der Waals surface area contributed by atoms with Crippen molar-refractivity contribution in [1.29, 1.82) is 0 Å². The van der Waals surface area contributed by atoms with Gasteiger partial charge in [0.15, 0.2) is 11.6 Å². The predicted molar refractivity (Wildman–Crippen MR) is 119 cm³/mol. The zero-order valence-electron chi connectivity index (χ0n) is 17.9. The van der Waals surface area contributed by atoms with Gasteiger partial charge in [0.05, 0.1) is 0 Å². The molecule has 4 heteroatoms. The third-order valence-corrected chi connectivity index (χ3v) is 6.05. The van der Waals surface area contributed by atoms with Crippen LogP contribution in [0.15, 0.2) is 30.3 Å². The summed E-state index contributed by atoms with van der Waals surface area (Å²) in [6, 6.07) is 10.1.